The molecule has 0 radical (unpaired) electrons. The second-order valence-electron chi connectivity index (χ2n) is 9.84. The predicted octanol–water partition coefficient (Wildman–Crippen LogP) is -3.18. The lowest BCUT2D eigenvalue weighted by Crippen LogP contribution is -2.61. The Labute approximate surface area is 248 Å². The Bertz CT molecular complexity index is 1090. The Balaban J connectivity index is 2.96. The molecule has 0 fully saturated rings. The number of carbonyl (C=O) groups excluding carboxylic acids is 4. The van der Waals surface area contributed by atoms with Crippen LogP contribution in [0.15, 0.2) is 30.3 Å². The van der Waals surface area contributed by atoms with Gasteiger partial charge in [0.1, 0.15) is 24.2 Å². The fourth-order valence-corrected chi connectivity index (χ4v) is 3.97. The van der Waals surface area contributed by atoms with Gasteiger partial charge in [-0.1, -0.05) is 30.3 Å². The van der Waals surface area contributed by atoms with E-state index in [0.717, 1.165) is 5.56 Å². The molecule has 0 bridgehead atoms. The van der Waals surface area contributed by atoms with Crippen LogP contribution >= 0.6 is 0 Å². The molecule has 0 aliphatic heterocycles. The van der Waals surface area contributed by atoms with Crippen molar-refractivity contribution in [2.75, 3.05) is 20.2 Å². The number of unbranched alkanes of at least 4 members (excludes halogenated alkanes) is 1. The minimum atomic E-state index is -1.76. The van der Waals surface area contributed by atoms with Crippen LogP contribution in [0.1, 0.15) is 38.2 Å². The molecular formula is C27H42N6O10. The number of rotatable bonds is 20. The number of aliphatic hydroxyl groups excluding tert-OH is 2. The number of hydrogen-bond acceptors (Lipinski definition) is 10. The van der Waals surface area contributed by atoms with E-state index in [9.17, 15) is 49.2 Å². The highest BCUT2D eigenvalue weighted by atomic mass is 16.4. The fourth-order valence-electron chi connectivity index (χ4n) is 3.97. The lowest BCUT2D eigenvalue weighted by Gasteiger charge is -2.27. The van der Waals surface area contributed by atoms with E-state index in [2.05, 4.69) is 26.6 Å². The van der Waals surface area contributed by atoms with Crippen LogP contribution in [0.5, 0.6) is 0 Å². The number of hydrogen-bond donors (Lipinski definition) is 10. The van der Waals surface area contributed by atoms with Gasteiger partial charge in [0.15, 0.2) is 0 Å². The zero-order valence-corrected chi connectivity index (χ0v) is 24.1. The summed E-state index contributed by atoms with van der Waals surface area (Å²) in [5.41, 5.74) is 6.23. The van der Waals surface area contributed by atoms with E-state index in [-0.39, 0.29) is 12.8 Å². The molecule has 0 aliphatic rings. The van der Waals surface area contributed by atoms with Gasteiger partial charge in [-0.2, -0.15) is 0 Å². The predicted molar refractivity (Wildman–Crippen MR) is 152 cm³/mol. The van der Waals surface area contributed by atoms with E-state index in [0.29, 0.717) is 19.4 Å². The van der Waals surface area contributed by atoms with E-state index < -0.39 is 84.9 Å². The van der Waals surface area contributed by atoms with Gasteiger partial charge >= 0.3 is 11.9 Å². The zero-order valence-electron chi connectivity index (χ0n) is 24.1. The van der Waals surface area contributed by atoms with Crippen molar-refractivity contribution in [3.8, 4) is 0 Å². The SMILES string of the molecule is CN[C@@H](Cc1ccccc1)C(=O)N[C@H](C(=O)N[C@@H](CO)C(=O)N[C@@H](CC(=O)O)C(=O)N[C@@H](CCCCN)C(=O)O)[C@@H](C)O. The summed E-state index contributed by atoms with van der Waals surface area (Å²) in [7, 11) is 1.54. The largest absolute Gasteiger partial charge is 0.481 e. The molecular weight excluding hydrogens is 568 g/mol. The van der Waals surface area contributed by atoms with Crippen molar-refractivity contribution < 1.29 is 49.2 Å². The summed E-state index contributed by atoms with van der Waals surface area (Å²) < 4.78 is 0. The third-order valence-electron chi connectivity index (χ3n) is 6.40. The number of carboxylic acids is 2. The van der Waals surface area contributed by atoms with Gasteiger partial charge in [-0.3, -0.25) is 24.0 Å². The molecule has 1 aromatic carbocycles. The van der Waals surface area contributed by atoms with Crippen molar-refractivity contribution in [2.45, 2.75) is 75.3 Å². The van der Waals surface area contributed by atoms with Gasteiger partial charge in [-0.15, -0.1) is 0 Å². The van der Waals surface area contributed by atoms with Crippen molar-refractivity contribution >= 4 is 35.6 Å². The summed E-state index contributed by atoms with van der Waals surface area (Å²) in [6.45, 7) is 0.531. The molecule has 6 atom stereocenters. The van der Waals surface area contributed by atoms with E-state index >= 15 is 0 Å². The summed E-state index contributed by atoms with van der Waals surface area (Å²) in [4.78, 5) is 74.3. The summed E-state index contributed by atoms with van der Waals surface area (Å²) in [5.74, 6) is -6.81. The molecule has 16 nitrogen and oxygen atoms in total. The molecule has 0 unspecified atom stereocenters. The van der Waals surface area contributed by atoms with Crippen molar-refractivity contribution in [1.82, 2.24) is 26.6 Å². The minimum Gasteiger partial charge on any atom is -0.481 e. The summed E-state index contributed by atoms with van der Waals surface area (Å²) in [5, 5.41) is 50.3. The maximum absolute atomic E-state index is 13.0. The Morgan fingerprint density at radius 2 is 1.35 bits per heavy atom. The van der Waals surface area contributed by atoms with Crippen molar-refractivity contribution in [3.05, 3.63) is 35.9 Å². The van der Waals surface area contributed by atoms with Crippen LogP contribution in [0.3, 0.4) is 0 Å². The number of likely N-dealkylation sites (N-methyl/N-ethyl adjacent to an activating group) is 1. The number of nitrogens with one attached hydrogen (secondary N) is 5. The monoisotopic (exact) mass is 610 g/mol. The van der Waals surface area contributed by atoms with Gasteiger partial charge in [0.2, 0.25) is 23.6 Å². The number of carbonyl (C=O) groups is 6. The maximum atomic E-state index is 13.0. The van der Waals surface area contributed by atoms with Gasteiger partial charge in [-0.05, 0) is 51.8 Å². The normalized spacial score (nSPS) is 15.1. The highest BCUT2D eigenvalue weighted by molar-refractivity contribution is 5.96. The highest BCUT2D eigenvalue weighted by Gasteiger charge is 2.34. The highest BCUT2D eigenvalue weighted by Crippen LogP contribution is 2.06. The third-order valence-corrected chi connectivity index (χ3v) is 6.40. The molecule has 1 rings (SSSR count). The zero-order chi connectivity index (χ0) is 32.5. The first-order chi connectivity index (χ1) is 20.3. The number of aliphatic carboxylic acids is 2. The molecule has 11 N–H and O–H groups in total. The molecule has 0 saturated carbocycles. The first-order valence-electron chi connectivity index (χ1n) is 13.7. The average molecular weight is 611 g/mol. The lowest BCUT2D eigenvalue weighted by molar-refractivity contribution is -0.144. The van der Waals surface area contributed by atoms with Gasteiger partial charge in [0.25, 0.3) is 0 Å². The van der Waals surface area contributed by atoms with Gasteiger partial charge in [-0.25, -0.2) is 4.79 Å². The fraction of sp³-hybridized carbons (Fsp3) is 0.556. The van der Waals surface area contributed by atoms with E-state index in [1.165, 1.54) is 6.92 Å². The Morgan fingerprint density at radius 3 is 1.86 bits per heavy atom. The van der Waals surface area contributed by atoms with Gasteiger partial charge in [0.05, 0.1) is 25.2 Å². The van der Waals surface area contributed by atoms with Crippen LogP contribution in [0, 0.1) is 0 Å². The summed E-state index contributed by atoms with van der Waals surface area (Å²) in [6, 6.07) is 1.83. The molecule has 1 aromatic rings. The second kappa shape index (κ2) is 19.1. The van der Waals surface area contributed by atoms with Crippen molar-refractivity contribution in [2.24, 2.45) is 5.73 Å². The molecule has 0 aromatic heterocycles. The van der Waals surface area contributed by atoms with Gasteiger partial charge < -0.3 is 52.7 Å². The smallest absolute Gasteiger partial charge is 0.326 e. The van der Waals surface area contributed by atoms with Crippen LogP contribution in [0.4, 0.5) is 0 Å². The van der Waals surface area contributed by atoms with Crippen LogP contribution in [-0.2, 0) is 35.2 Å². The second-order valence-corrected chi connectivity index (χ2v) is 9.84. The van der Waals surface area contributed by atoms with Gasteiger partial charge in [0, 0.05) is 0 Å². The Morgan fingerprint density at radius 1 is 0.791 bits per heavy atom. The third kappa shape index (κ3) is 13.2. The van der Waals surface area contributed by atoms with Crippen LogP contribution in [0.25, 0.3) is 0 Å². The minimum absolute atomic E-state index is 0.00748. The van der Waals surface area contributed by atoms with Crippen molar-refractivity contribution in [1.29, 1.82) is 0 Å². The van der Waals surface area contributed by atoms with Crippen molar-refractivity contribution in [3.63, 3.8) is 0 Å². The lowest BCUT2D eigenvalue weighted by atomic mass is 10.0. The van der Waals surface area contributed by atoms with E-state index in [1.807, 2.05) is 18.2 Å². The van der Waals surface area contributed by atoms with Crippen LogP contribution < -0.4 is 32.3 Å². The standard InChI is InChI=1S/C27H42N6O10/c1-15(35)22(33-23(38)18(29-2)12-16-8-4-3-5-9-16)26(41)32-20(14-34)25(40)31-19(13-21(36)37)24(39)30-17(27(42)43)10-6-7-11-28/h3-5,8-9,15,17-20,22,29,34-35H,6-7,10-14,28H2,1-2H3,(H,30,39)(H,31,40)(H,32,41)(H,33,38)(H,36,37)(H,42,43)/t15-,17+,18+,19+,20+,22+/m1/s1. The Hall–Kier alpha value is -4.12. The average Bonchev–Trinajstić information content (AvgIpc) is 2.96. The molecule has 0 aliphatic carbocycles. The first kappa shape index (κ1) is 36.9. The number of aliphatic hydroxyl groups is 2. The van der Waals surface area contributed by atoms with Crippen LogP contribution in [0.2, 0.25) is 0 Å². The van der Waals surface area contributed by atoms with E-state index in [1.54, 1.807) is 19.2 Å². The molecule has 43 heavy (non-hydrogen) atoms. The number of amides is 4. The quantitative estimate of drug-likeness (QED) is 0.0655. The topological polar surface area (TPSA) is 270 Å². The van der Waals surface area contributed by atoms with Crippen LogP contribution in [-0.4, -0.2) is 113 Å². The summed E-state index contributed by atoms with van der Waals surface area (Å²) in [6.07, 6.45) is -1.24. The first-order valence-corrected chi connectivity index (χ1v) is 13.7. The Kier molecular flexibility index (Phi) is 16.4. The molecule has 16 heteroatoms. The molecule has 240 valence electrons. The summed E-state index contributed by atoms with van der Waals surface area (Å²) >= 11 is 0. The number of benzene rings is 1. The number of carboxylic acid groups (broad SMARTS) is 2. The molecule has 4 amide bonds. The maximum Gasteiger partial charge on any atom is 0.326 e. The molecule has 0 saturated heterocycles. The number of nitrogens with two attached hydrogens (primary N) is 1. The van der Waals surface area contributed by atoms with E-state index in [4.69, 9.17) is 5.73 Å². The molecule has 0 spiro atoms. The molecule has 0 heterocycles.